The second-order valence-corrected chi connectivity index (χ2v) is 5.27. The molecule has 0 unspecified atom stereocenters. The fourth-order valence-corrected chi connectivity index (χ4v) is 2.29. The molecular formula is C16H10FN5OS. The van der Waals surface area contributed by atoms with Gasteiger partial charge < -0.3 is 10.6 Å². The minimum atomic E-state index is -0.462. The Kier molecular flexibility index (Phi) is 4.18. The van der Waals surface area contributed by atoms with Crippen molar-refractivity contribution in [3.8, 4) is 6.07 Å². The molecule has 6 nitrogen and oxygen atoms in total. The Labute approximate surface area is 142 Å². The molecule has 0 atom stereocenters. The van der Waals surface area contributed by atoms with E-state index in [4.69, 9.17) is 17.5 Å². The first-order valence-corrected chi connectivity index (χ1v) is 7.24. The fraction of sp³-hybridized carbons (Fsp3) is 0. The molecule has 0 fully saturated rings. The van der Waals surface area contributed by atoms with E-state index in [1.807, 2.05) is 6.07 Å². The number of nitrogens with zero attached hydrogens (tertiary/aromatic N) is 2. The summed E-state index contributed by atoms with van der Waals surface area (Å²) in [5, 5.41) is 18.3. The first kappa shape index (κ1) is 15.6. The molecule has 0 bridgehead atoms. The van der Waals surface area contributed by atoms with Gasteiger partial charge in [0.15, 0.2) is 10.8 Å². The molecule has 118 valence electrons. The lowest BCUT2D eigenvalue weighted by atomic mass is 10.1. The average molecular weight is 339 g/mol. The summed E-state index contributed by atoms with van der Waals surface area (Å²) < 4.78 is 13.3. The maximum Gasteiger partial charge on any atom is 0.276 e. The van der Waals surface area contributed by atoms with Crippen LogP contribution in [0.15, 0.2) is 47.6 Å². The molecular weight excluding hydrogens is 329 g/mol. The van der Waals surface area contributed by atoms with Crippen molar-refractivity contribution in [1.82, 2.24) is 5.43 Å². The quantitative estimate of drug-likeness (QED) is 0.577. The van der Waals surface area contributed by atoms with Crippen LogP contribution >= 0.6 is 12.2 Å². The molecule has 1 heterocycles. The maximum absolute atomic E-state index is 13.3. The van der Waals surface area contributed by atoms with E-state index in [1.165, 1.54) is 18.2 Å². The summed E-state index contributed by atoms with van der Waals surface area (Å²) in [6.45, 7) is 0. The number of nitrogens with one attached hydrogen (secondary N) is 3. The van der Waals surface area contributed by atoms with Crippen LogP contribution in [0.3, 0.4) is 0 Å². The molecule has 24 heavy (non-hydrogen) atoms. The predicted octanol–water partition coefficient (Wildman–Crippen LogP) is 2.34. The standard InChI is InChI=1S/C16H10FN5OS/c17-10-3-6-13-12(7-10)14(15(23)20-13)21-22-16(24)19-11-4-1-9(8-18)2-5-11/h1-7H,(H2,19,22,24)(H,20,21,23). The van der Waals surface area contributed by atoms with E-state index >= 15 is 0 Å². The van der Waals surface area contributed by atoms with Crippen molar-refractivity contribution in [2.24, 2.45) is 5.10 Å². The van der Waals surface area contributed by atoms with Crippen LogP contribution in [0, 0.1) is 17.1 Å². The van der Waals surface area contributed by atoms with Gasteiger partial charge in [-0.15, -0.1) is 0 Å². The first-order valence-electron chi connectivity index (χ1n) is 6.83. The number of fused-ring (bicyclic) bond motifs is 1. The number of benzene rings is 2. The summed E-state index contributed by atoms with van der Waals surface area (Å²) in [6.07, 6.45) is 0. The van der Waals surface area contributed by atoms with E-state index in [1.54, 1.807) is 24.3 Å². The molecule has 2 aromatic rings. The Morgan fingerprint density at radius 3 is 2.71 bits per heavy atom. The van der Waals surface area contributed by atoms with Crippen LogP contribution in [-0.2, 0) is 4.79 Å². The summed E-state index contributed by atoms with van der Waals surface area (Å²) in [4.78, 5) is 11.9. The zero-order valence-electron chi connectivity index (χ0n) is 12.1. The fourth-order valence-electron chi connectivity index (χ4n) is 2.13. The van der Waals surface area contributed by atoms with Gasteiger partial charge in [0.1, 0.15) is 5.82 Å². The molecule has 3 rings (SSSR count). The van der Waals surface area contributed by atoms with Gasteiger partial charge in [0.2, 0.25) is 0 Å². The third-order valence-electron chi connectivity index (χ3n) is 3.24. The summed E-state index contributed by atoms with van der Waals surface area (Å²) in [7, 11) is 0. The summed E-state index contributed by atoms with van der Waals surface area (Å²) in [5.74, 6) is -0.902. The molecule has 0 saturated carbocycles. The topological polar surface area (TPSA) is 89.3 Å². The van der Waals surface area contributed by atoms with Crippen molar-refractivity contribution in [3.05, 3.63) is 59.4 Å². The third kappa shape index (κ3) is 3.21. The lowest BCUT2D eigenvalue weighted by Gasteiger charge is -2.07. The number of hydrazone groups is 1. The van der Waals surface area contributed by atoms with E-state index in [-0.39, 0.29) is 10.8 Å². The Balaban J connectivity index is 1.71. The highest BCUT2D eigenvalue weighted by Gasteiger charge is 2.26. The van der Waals surface area contributed by atoms with Gasteiger partial charge in [0.25, 0.3) is 5.91 Å². The molecule has 0 aliphatic carbocycles. The van der Waals surface area contributed by atoms with Crippen LogP contribution in [0.2, 0.25) is 0 Å². The van der Waals surface area contributed by atoms with Gasteiger partial charge >= 0.3 is 0 Å². The second kappa shape index (κ2) is 6.44. The van der Waals surface area contributed by atoms with Crippen molar-refractivity contribution < 1.29 is 9.18 Å². The number of carbonyl (C=O) groups excluding carboxylic acids is 1. The number of amides is 1. The summed E-state index contributed by atoms with van der Waals surface area (Å²) >= 11 is 5.09. The average Bonchev–Trinajstić information content (AvgIpc) is 2.88. The van der Waals surface area contributed by atoms with Crippen LogP contribution in [-0.4, -0.2) is 16.7 Å². The van der Waals surface area contributed by atoms with Gasteiger partial charge in [0, 0.05) is 11.3 Å². The predicted molar refractivity (Wildman–Crippen MR) is 92.1 cm³/mol. The number of nitriles is 1. The molecule has 0 aromatic heterocycles. The lowest BCUT2D eigenvalue weighted by molar-refractivity contribution is -0.110. The monoisotopic (exact) mass is 339 g/mol. The minimum absolute atomic E-state index is 0.0495. The third-order valence-corrected chi connectivity index (χ3v) is 3.43. The molecule has 2 aromatic carbocycles. The molecule has 1 aliphatic heterocycles. The van der Waals surface area contributed by atoms with Gasteiger partial charge in [-0.05, 0) is 54.7 Å². The normalized spacial score (nSPS) is 13.8. The van der Waals surface area contributed by atoms with Crippen LogP contribution < -0.4 is 16.1 Å². The highest BCUT2D eigenvalue weighted by Crippen LogP contribution is 2.23. The Hall–Kier alpha value is -3.31. The van der Waals surface area contributed by atoms with Crippen molar-refractivity contribution in [2.75, 3.05) is 10.6 Å². The van der Waals surface area contributed by atoms with E-state index in [0.29, 0.717) is 22.5 Å². The number of rotatable bonds is 2. The van der Waals surface area contributed by atoms with Crippen molar-refractivity contribution in [2.45, 2.75) is 0 Å². The number of halogens is 1. The highest BCUT2D eigenvalue weighted by molar-refractivity contribution is 7.80. The van der Waals surface area contributed by atoms with Gasteiger partial charge in [-0.25, -0.2) is 4.39 Å². The van der Waals surface area contributed by atoms with Gasteiger partial charge in [0.05, 0.1) is 17.3 Å². The Morgan fingerprint density at radius 2 is 2.00 bits per heavy atom. The molecule has 3 N–H and O–H groups in total. The van der Waals surface area contributed by atoms with Crippen molar-refractivity contribution in [3.63, 3.8) is 0 Å². The molecule has 0 spiro atoms. The smallest absolute Gasteiger partial charge is 0.276 e. The van der Waals surface area contributed by atoms with E-state index < -0.39 is 11.7 Å². The summed E-state index contributed by atoms with van der Waals surface area (Å²) in [6, 6.07) is 12.6. The number of anilines is 2. The molecule has 1 aliphatic rings. The Morgan fingerprint density at radius 1 is 1.25 bits per heavy atom. The molecule has 0 saturated heterocycles. The number of carbonyl (C=O) groups is 1. The lowest BCUT2D eigenvalue weighted by Crippen LogP contribution is -2.27. The molecule has 8 heteroatoms. The molecule has 0 radical (unpaired) electrons. The zero-order chi connectivity index (χ0) is 17.1. The van der Waals surface area contributed by atoms with Gasteiger partial charge in [-0.2, -0.15) is 10.4 Å². The van der Waals surface area contributed by atoms with Crippen LogP contribution in [0.5, 0.6) is 0 Å². The summed E-state index contributed by atoms with van der Waals surface area (Å²) in [5.41, 5.74) is 4.65. The maximum atomic E-state index is 13.3. The van der Waals surface area contributed by atoms with Gasteiger partial charge in [-0.3, -0.25) is 10.2 Å². The second-order valence-electron chi connectivity index (χ2n) is 4.86. The van der Waals surface area contributed by atoms with E-state index in [2.05, 4.69) is 21.2 Å². The minimum Gasteiger partial charge on any atom is -0.331 e. The van der Waals surface area contributed by atoms with Crippen molar-refractivity contribution >= 4 is 40.3 Å². The van der Waals surface area contributed by atoms with Crippen LogP contribution in [0.25, 0.3) is 0 Å². The van der Waals surface area contributed by atoms with Crippen molar-refractivity contribution in [1.29, 1.82) is 5.26 Å². The van der Waals surface area contributed by atoms with E-state index in [9.17, 15) is 9.18 Å². The zero-order valence-corrected chi connectivity index (χ0v) is 12.9. The van der Waals surface area contributed by atoms with E-state index in [0.717, 1.165) is 0 Å². The van der Waals surface area contributed by atoms with Crippen LogP contribution in [0.1, 0.15) is 11.1 Å². The van der Waals surface area contributed by atoms with Crippen LogP contribution in [0.4, 0.5) is 15.8 Å². The van der Waals surface area contributed by atoms with Gasteiger partial charge in [-0.1, -0.05) is 0 Å². The molecule has 1 amide bonds. The highest BCUT2D eigenvalue weighted by atomic mass is 32.1. The first-order chi connectivity index (χ1) is 11.6. The number of thiocarbonyl (C=S) groups is 1. The Bertz CT molecular complexity index is 902. The SMILES string of the molecule is N#Cc1ccc(NC(=S)N/N=C2\C(=O)Nc3ccc(F)cc32)cc1. The largest absolute Gasteiger partial charge is 0.331 e. The number of hydrogen-bond donors (Lipinski definition) is 3. The number of hydrogen-bond acceptors (Lipinski definition) is 4.